The molecule has 0 radical (unpaired) electrons. The fourth-order valence-corrected chi connectivity index (χ4v) is 3.22. The molecule has 0 saturated heterocycles. The predicted octanol–water partition coefficient (Wildman–Crippen LogP) is 3.51. The van der Waals surface area contributed by atoms with Crippen LogP contribution in [-0.4, -0.2) is 23.0 Å². The number of carbonyl (C=O) groups excluding carboxylic acids is 1. The zero-order valence-electron chi connectivity index (χ0n) is 14.6. The molecule has 2 aromatic carbocycles. The molecule has 0 bridgehead atoms. The van der Waals surface area contributed by atoms with Crippen LogP contribution in [0.5, 0.6) is 5.75 Å². The summed E-state index contributed by atoms with van der Waals surface area (Å²) < 4.78 is 5.18. The topological polar surface area (TPSA) is 67.0 Å². The van der Waals surface area contributed by atoms with Crippen LogP contribution in [0.25, 0.3) is 11.3 Å². The summed E-state index contributed by atoms with van der Waals surface area (Å²) in [6.07, 6.45) is 2.69. The second-order valence-corrected chi connectivity index (χ2v) is 6.55. The van der Waals surface area contributed by atoms with Gasteiger partial charge >= 0.3 is 0 Å². The minimum atomic E-state index is 0.0481. The van der Waals surface area contributed by atoms with Crippen LogP contribution in [0, 0.1) is 5.92 Å². The van der Waals surface area contributed by atoms with Crippen molar-refractivity contribution in [3.63, 3.8) is 0 Å². The fraction of sp³-hybridized carbons (Fsp3) is 0.238. The van der Waals surface area contributed by atoms with Crippen molar-refractivity contribution in [3.8, 4) is 17.0 Å². The first-order valence-corrected chi connectivity index (χ1v) is 8.75. The first-order chi connectivity index (χ1) is 12.7. The van der Waals surface area contributed by atoms with Gasteiger partial charge in [-0.05, 0) is 35.6 Å². The first-order valence-electron chi connectivity index (χ1n) is 8.75. The lowest BCUT2D eigenvalue weighted by atomic mass is 10.1. The second kappa shape index (κ2) is 7.04. The highest BCUT2D eigenvalue weighted by molar-refractivity contribution is 5.82. The number of hydrogen-bond donors (Lipinski definition) is 2. The Labute approximate surface area is 152 Å². The molecule has 1 saturated carbocycles. The predicted molar refractivity (Wildman–Crippen MR) is 99.7 cm³/mol. The Morgan fingerprint density at radius 2 is 1.96 bits per heavy atom. The quantitative estimate of drug-likeness (QED) is 0.717. The van der Waals surface area contributed by atoms with Gasteiger partial charge in [0.05, 0.1) is 25.5 Å². The third-order valence-corrected chi connectivity index (χ3v) is 4.81. The second-order valence-electron chi connectivity index (χ2n) is 6.55. The van der Waals surface area contributed by atoms with Crippen molar-refractivity contribution in [3.05, 3.63) is 72.2 Å². The van der Waals surface area contributed by atoms with E-state index in [1.165, 1.54) is 5.56 Å². The molecule has 5 heteroatoms. The Bertz CT molecular complexity index is 887. The van der Waals surface area contributed by atoms with Crippen LogP contribution >= 0.6 is 0 Å². The Hall–Kier alpha value is -3.08. The number of aromatic amines is 1. The van der Waals surface area contributed by atoms with Gasteiger partial charge in [0.1, 0.15) is 11.6 Å². The zero-order valence-corrected chi connectivity index (χ0v) is 14.6. The lowest BCUT2D eigenvalue weighted by molar-refractivity contribution is -0.122. The molecular weight excluding hydrogens is 326 g/mol. The molecule has 132 valence electrons. The van der Waals surface area contributed by atoms with Crippen LogP contribution in [0.1, 0.15) is 23.7 Å². The molecule has 1 aromatic heterocycles. The molecule has 1 aliphatic carbocycles. The SMILES string of the molecule is COc1ccc([C@H]2C[C@H]2C(=O)NCc2ncc(-c3ccccc3)[nH]2)cc1. The molecule has 4 rings (SSSR count). The summed E-state index contributed by atoms with van der Waals surface area (Å²) in [5.41, 5.74) is 3.23. The van der Waals surface area contributed by atoms with E-state index in [-0.39, 0.29) is 11.8 Å². The number of methoxy groups -OCH3 is 1. The van der Waals surface area contributed by atoms with Crippen molar-refractivity contribution in [1.82, 2.24) is 15.3 Å². The number of nitrogens with one attached hydrogen (secondary N) is 2. The Balaban J connectivity index is 1.31. The van der Waals surface area contributed by atoms with Crippen LogP contribution < -0.4 is 10.1 Å². The maximum atomic E-state index is 12.4. The third-order valence-electron chi connectivity index (χ3n) is 4.81. The Morgan fingerprint density at radius 1 is 1.19 bits per heavy atom. The van der Waals surface area contributed by atoms with E-state index in [0.29, 0.717) is 12.5 Å². The molecule has 3 aromatic rings. The standard InChI is InChI=1S/C21H21N3O2/c1-26-16-9-7-14(8-10-16)17-11-18(17)21(25)23-13-20-22-12-19(24-20)15-5-3-2-4-6-15/h2-10,12,17-18H,11,13H2,1H3,(H,22,24)(H,23,25)/t17-,18-/m1/s1. The van der Waals surface area contributed by atoms with Crippen LogP contribution in [0.2, 0.25) is 0 Å². The van der Waals surface area contributed by atoms with Crippen molar-refractivity contribution in [1.29, 1.82) is 0 Å². The fourth-order valence-electron chi connectivity index (χ4n) is 3.22. The summed E-state index contributed by atoms with van der Waals surface area (Å²) in [5, 5.41) is 2.99. The van der Waals surface area contributed by atoms with Crippen molar-refractivity contribution in [2.45, 2.75) is 18.9 Å². The number of imidazole rings is 1. The number of amides is 1. The van der Waals surface area contributed by atoms with E-state index >= 15 is 0 Å². The van der Waals surface area contributed by atoms with E-state index in [9.17, 15) is 4.79 Å². The summed E-state index contributed by atoms with van der Waals surface area (Å²) >= 11 is 0. The van der Waals surface area contributed by atoms with Crippen molar-refractivity contribution < 1.29 is 9.53 Å². The number of carbonyl (C=O) groups is 1. The van der Waals surface area contributed by atoms with Gasteiger partial charge in [-0.2, -0.15) is 0 Å². The van der Waals surface area contributed by atoms with Gasteiger partial charge in [0.25, 0.3) is 0 Å². The van der Waals surface area contributed by atoms with E-state index in [1.54, 1.807) is 13.3 Å². The zero-order chi connectivity index (χ0) is 17.9. The summed E-state index contributed by atoms with van der Waals surface area (Å²) in [5.74, 6) is 2.04. The van der Waals surface area contributed by atoms with Gasteiger partial charge in [0.15, 0.2) is 0 Å². The van der Waals surface area contributed by atoms with E-state index in [4.69, 9.17) is 4.74 Å². The van der Waals surface area contributed by atoms with Gasteiger partial charge in [-0.1, -0.05) is 42.5 Å². The normalized spacial score (nSPS) is 18.3. The lowest BCUT2D eigenvalue weighted by Crippen LogP contribution is -2.25. The number of rotatable bonds is 6. The number of aromatic nitrogens is 2. The maximum Gasteiger partial charge on any atom is 0.224 e. The van der Waals surface area contributed by atoms with Gasteiger partial charge in [-0.15, -0.1) is 0 Å². The summed E-state index contributed by atoms with van der Waals surface area (Å²) in [6, 6.07) is 18.0. The minimum Gasteiger partial charge on any atom is -0.497 e. The van der Waals surface area contributed by atoms with E-state index in [1.807, 2.05) is 54.6 Å². The van der Waals surface area contributed by atoms with Gasteiger partial charge in [0, 0.05) is 5.92 Å². The molecule has 5 nitrogen and oxygen atoms in total. The number of nitrogens with zero attached hydrogens (tertiary/aromatic N) is 1. The summed E-state index contributed by atoms with van der Waals surface area (Å²) in [4.78, 5) is 20.0. The van der Waals surface area contributed by atoms with Crippen LogP contribution in [0.4, 0.5) is 0 Å². The van der Waals surface area contributed by atoms with Crippen molar-refractivity contribution in [2.24, 2.45) is 5.92 Å². The van der Waals surface area contributed by atoms with Crippen molar-refractivity contribution >= 4 is 5.91 Å². The molecule has 2 N–H and O–H groups in total. The highest BCUT2D eigenvalue weighted by Crippen LogP contribution is 2.47. The highest BCUT2D eigenvalue weighted by Gasteiger charge is 2.43. The van der Waals surface area contributed by atoms with Crippen LogP contribution in [-0.2, 0) is 11.3 Å². The van der Waals surface area contributed by atoms with Gasteiger partial charge in [-0.3, -0.25) is 4.79 Å². The molecule has 0 spiro atoms. The Morgan fingerprint density at radius 3 is 2.69 bits per heavy atom. The van der Waals surface area contributed by atoms with Crippen molar-refractivity contribution in [2.75, 3.05) is 7.11 Å². The number of benzene rings is 2. The third kappa shape index (κ3) is 3.47. The molecule has 1 fully saturated rings. The van der Waals surface area contributed by atoms with Gasteiger partial charge in [-0.25, -0.2) is 4.98 Å². The molecule has 0 unspecified atom stereocenters. The Kier molecular flexibility index (Phi) is 4.44. The molecule has 1 heterocycles. The highest BCUT2D eigenvalue weighted by atomic mass is 16.5. The lowest BCUT2D eigenvalue weighted by Gasteiger charge is -2.04. The molecular formula is C21H21N3O2. The molecule has 2 atom stereocenters. The van der Waals surface area contributed by atoms with E-state index in [2.05, 4.69) is 15.3 Å². The smallest absolute Gasteiger partial charge is 0.224 e. The summed E-state index contributed by atoms with van der Waals surface area (Å²) in [6.45, 7) is 0.414. The molecule has 26 heavy (non-hydrogen) atoms. The van der Waals surface area contributed by atoms with E-state index in [0.717, 1.165) is 29.3 Å². The molecule has 1 amide bonds. The molecule has 1 aliphatic rings. The first kappa shape index (κ1) is 16.4. The van der Waals surface area contributed by atoms with Gasteiger partial charge < -0.3 is 15.0 Å². The van der Waals surface area contributed by atoms with Crippen LogP contribution in [0.15, 0.2) is 60.8 Å². The summed E-state index contributed by atoms with van der Waals surface area (Å²) in [7, 11) is 1.65. The monoisotopic (exact) mass is 347 g/mol. The van der Waals surface area contributed by atoms with E-state index < -0.39 is 0 Å². The average molecular weight is 347 g/mol. The van der Waals surface area contributed by atoms with Crippen LogP contribution in [0.3, 0.4) is 0 Å². The largest absolute Gasteiger partial charge is 0.497 e. The minimum absolute atomic E-state index is 0.0481. The number of H-pyrrole nitrogens is 1. The van der Waals surface area contributed by atoms with Gasteiger partial charge in [0.2, 0.25) is 5.91 Å². The number of hydrogen-bond acceptors (Lipinski definition) is 3. The maximum absolute atomic E-state index is 12.4. The molecule has 0 aliphatic heterocycles. The number of ether oxygens (including phenoxy) is 1. The average Bonchev–Trinajstić information content (AvgIpc) is 3.36.